The van der Waals surface area contributed by atoms with Gasteiger partial charge in [-0.2, -0.15) is 0 Å². The zero-order chi connectivity index (χ0) is 22.7. The van der Waals surface area contributed by atoms with Crippen molar-refractivity contribution in [3.8, 4) is 0 Å². The lowest BCUT2D eigenvalue weighted by molar-refractivity contribution is -0.143. The molecule has 0 radical (unpaired) electrons. The molecule has 0 aromatic heterocycles. The van der Waals surface area contributed by atoms with Crippen molar-refractivity contribution in [1.29, 1.82) is 0 Å². The van der Waals surface area contributed by atoms with E-state index in [0.717, 1.165) is 5.56 Å². The second-order valence-electron chi connectivity index (χ2n) is 6.58. The van der Waals surface area contributed by atoms with E-state index >= 15 is 0 Å². The summed E-state index contributed by atoms with van der Waals surface area (Å²) in [5.74, 6) is -4.59. The summed E-state index contributed by atoms with van der Waals surface area (Å²) in [5.41, 5.74) is 6.06. The van der Waals surface area contributed by atoms with Crippen molar-refractivity contribution in [3.05, 3.63) is 35.9 Å². The van der Waals surface area contributed by atoms with Gasteiger partial charge in [-0.3, -0.25) is 19.2 Å². The summed E-state index contributed by atoms with van der Waals surface area (Å²) < 4.78 is 0. The number of carboxylic acids is 2. The molecule has 0 saturated carbocycles. The lowest BCUT2D eigenvalue weighted by atomic mass is 10.0. The molecule has 7 N–H and O–H groups in total. The van der Waals surface area contributed by atoms with Crippen molar-refractivity contribution in [1.82, 2.24) is 16.0 Å². The average Bonchev–Trinajstić information content (AvgIpc) is 2.70. The van der Waals surface area contributed by atoms with E-state index in [2.05, 4.69) is 16.0 Å². The fourth-order valence-corrected chi connectivity index (χ4v) is 2.51. The number of carbonyl (C=O) groups is 5. The third-order valence-corrected chi connectivity index (χ3v) is 4.13. The van der Waals surface area contributed by atoms with Crippen LogP contribution in [-0.2, 0) is 30.4 Å². The van der Waals surface area contributed by atoms with Gasteiger partial charge < -0.3 is 31.9 Å². The number of carboxylic acid groups (broad SMARTS) is 2. The van der Waals surface area contributed by atoms with Gasteiger partial charge in [0.1, 0.15) is 18.1 Å². The Morgan fingerprint density at radius 1 is 0.933 bits per heavy atom. The van der Waals surface area contributed by atoms with Gasteiger partial charge in [0, 0.05) is 12.8 Å². The number of benzene rings is 1. The zero-order valence-electron chi connectivity index (χ0n) is 16.5. The van der Waals surface area contributed by atoms with E-state index in [1.165, 1.54) is 6.92 Å². The van der Waals surface area contributed by atoms with Gasteiger partial charge in [0.05, 0.1) is 6.54 Å². The Morgan fingerprint density at radius 2 is 1.57 bits per heavy atom. The Bertz CT molecular complexity index is 769. The molecule has 11 nitrogen and oxygen atoms in total. The summed E-state index contributed by atoms with van der Waals surface area (Å²) in [6.45, 7) is 1.02. The van der Waals surface area contributed by atoms with Gasteiger partial charge in [0.25, 0.3) is 0 Å². The van der Waals surface area contributed by atoms with E-state index in [1.54, 1.807) is 30.3 Å². The Morgan fingerprint density at radius 3 is 2.10 bits per heavy atom. The Balaban J connectivity index is 2.77. The largest absolute Gasteiger partial charge is 0.481 e. The van der Waals surface area contributed by atoms with Gasteiger partial charge >= 0.3 is 11.9 Å². The topological polar surface area (TPSA) is 188 Å². The number of carbonyl (C=O) groups excluding carboxylic acids is 3. The molecule has 0 aliphatic rings. The highest BCUT2D eigenvalue weighted by molar-refractivity contribution is 5.93. The molecule has 0 saturated heterocycles. The maximum atomic E-state index is 12.6. The maximum absolute atomic E-state index is 12.6. The first-order valence-electron chi connectivity index (χ1n) is 9.22. The highest BCUT2D eigenvalue weighted by Crippen LogP contribution is 2.04. The van der Waals surface area contributed by atoms with Crippen molar-refractivity contribution >= 4 is 29.7 Å². The minimum absolute atomic E-state index is 0.156. The van der Waals surface area contributed by atoms with Crippen molar-refractivity contribution in [3.63, 3.8) is 0 Å². The van der Waals surface area contributed by atoms with E-state index < -0.39 is 54.2 Å². The molecule has 0 bridgehead atoms. The fourth-order valence-electron chi connectivity index (χ4n) is 2.51. The molecule has 0 heterocycles. The number of hydrogen-bond donors (Lipinski definition) is 6. The number of nitrogens with two attached hydrogens (primary N) is 1. The molecular formula is C19H26N4O7. The Labute approximate surface area is 173 Å². The molecule has 0 fully saturated rings. The van der Waals surface area contributed by atoms with Crippen LogP contribution in [0.25, 0.3) is 0 Å². The van der Waals surface area contributed by atoms with Crippen LogP contribution in [0.3, 0.4) is 0 Å². The monoisotopic (exact) mass is 422 g/mol. The molecule has 0 aliphatic heterocycles. The molecule has 30 heavy (non-hydrogen) atoms. The normalized spacial score (nSPS) is 13.4. The fraction of sp³-hybridized carbons (Fsp3) is 0.421. The molecule has 0 aliphatic carbocycles. The summed E-state index contributed by atoms with van der Waals surface area (Å²) in [5, 5.41) is 24.9. The van der Waals surface area contributed by atoms with E-state index in [9.17, 15) is 24.0 Å². The first kappa shape index (κ1) is 24.6. The molecule has 3 atom stereocenters. The lowest BCUT2D eigenvalue weighted by Gasteiger charge is -2.22. The predicted octanol–water partition coefficient (Wildman–Crippen LogP) is -1.39. The average molecular weight is 422 g/mol. The first-order valence-corrected chi connectivity index (χ1v) is 9.22. The number of amides is 3. The molecule has 0 spiro atoms. The quantitative estimate of drug-likeness (QED) is 0.237. The smallest absolute Gasteiger partial charge is 0.326 e. The minimum atomic E-state index is -1.41. The summed E-state index contributed by atoms with van der Waals surface area (Å²) in [6.07, 6.45) is -0.592. The Kier molecular flexibility index (Phi) is 9.97. The number of rotatable bonds is 12. The third-order valence-electron chi connectivity index (χ3n) is 4.13. The van der Waals surface area contributed by atoms with Crippen LogP contribution in [0.5, 0.6) is 0 Å². The molecule has 3 unspecified atom stereocenters. The maximum Gasteiger partial charge on any atom is 0.326 e. The summed E-state index contributed by atoms with van der Waals surface area (Å²) in [6, 6.07) is 5.34. The molecule has 11 heteroatoms. The van der Waals surface area contributed by atoms with Crippen LogP contribution < -0.4 is 21.7 Å². The van der Waals surface area contributed by atoms with Crippen LogP contribution >= 0.6 is 0 Å². The summed E-state index contributed by atoms with van der Waals surface area (Å²) in [4.78, 5) is 58.4. The third kappa shape index (κ3) is 8.69. The van der Waals surface area contributed by atoms with E-state index in [4.69, 9.17) is 15.9 Å². The second-order valence-corrected chi connectivity index (χ2v) is 6.58. The van der Waals surface area contributed by atoms with Gasteiger partial charge in [0.2, 0.25) is 17.7 Å². The highest BCUT2D eigenvalue weighted by atomic mass is 16.4. The van der Waals surface area contributed by atoms with Crippen molar-refractivity contribution in [2.45, 2.75) is 44.3 Å². The van der Waals surface area contributed by atoms with Gasteiger partial charge in [-0.1, -0.05) is 30.3 Å². The van der Waals surface area contributed by atoms with E-state index in [0.29, 0.717) is 0 Å². The van der Waals surface area contributed by atoms with E-state index in [1.807, 2.05) is 0 Å². The highest BCUT2D eigenvalue weighted by Gasteiger charge is 2.27. The molecule has 3 amide bonds. The van der Waals surface area contributed by atoms with E-state index in [-0.39, 0.29) is 19.4 Å². The molecule has 164 valence electrons. The minimum Gasteiger partial charge on any atom is -0.481 e. The van der Waals surface area contributed by atoms with Crippen molar-refractivity contribution in [2.75, 3.05) is 6.54 Å². The molecule has 1 aromatic rings. The Hall–Kier alpha value is -3.47. The lowest BCUT2D eigenvalue weighted by Crippen LogP contribution is -2.55. The zero-order valence-corrected chi connectivity index (χ0v) is 16.5. The van der Waals surface area contributed by atoms with Gasteiger partial charge in [-0.15, -0.1) is 0 Å². The van der Waals surface area contributed by atoms with Gasteiger partial charge in [-0.25, -0.2) is 4.79 Å². The molecule has 1 rings (SSSR count). The molecular weight excluding hydrogens is 396 g/mol. The van der Waals surface area contributed by atoms with Crippen LogP contribution in [0.2, 0.25) is 0 Å². The van der Waals surface area contributed by atoms with Gasteiger partial charge in [0.15, 0.2) is 0 Å². The van der Waals surface area contributed by atoms with Crippen LogP contribution in [0, 0.1) is 0 Å². The van der Waals surface area contributed by atoms with Crippen LogP contribution in [0.15, 0.2) is 30.3 Å². The first-order chi connectivity index (χ1) is 14.1. The standard InChI is InChI=1S/C19H26N4O7/c1-11(17(27)23-13(19(29)30)7-8-16(25)26)21-18(28)14(22-15(24)10-20)9-12-5-3-2-4-6-12/h2-6,11,13-14H,7-10,20H2,1H3,(H,21,28)(H,22,24)(H,23,27)(H,25,26)(H,29,30). The van der Waals surface area contributed by atoms with Crippen LogP contribution in [-0.4, -0.2) is 64.5 Å². The van der Waals surface area contributed by atoms with Crippen LogP contribution in [0.4, 0.5) is 0 Å². The van der Waals surface area contributed by atoms with Crippen LogP contribution in [0.1, 0.15) is 25.3 Å². The molecule has 1 aromatic carbocycles. The van der Waals surface area contributed by atoms with Gasteiger partial charge in [-0.05, 0) is 18.9 Å². The number of aliphatic carboxylic acids is 2. The van der Waals surface area contributed by atoms with Crippen molar-refractivity contribution in [2.24, 2.45) is 5.73 Å². The second kappa shape index (κ2) is 12.2. The van der Waals surface area contributed by atoms with Crippen molar-refractivity contribution < 1.29 is 34.2 Å². The SMILES string of the molecule is CC(NC(=O)C(Cc1ccccc1)NC(=O)CN)C(=O)NC(CCC(=O)O)C(=O)O. The summed E-state index contributed by atoms with van der Waals surface area (Å²) in [7, 11) is 0. The predicted molar refractivity (Wildman–Crippen MR) is 105 cm³/mol. The summed E-state index contributed by atoms with van der Waals surface area (Å²) >= 11 is 0. The number of hydrogen-bond acceptors (Lipinski definition) is 6. The number of nitrogens with one attached hydrogen (secondary N) is 3.